The first-order chi connectivity index (χ1) is 14.4. The number of carbonyl (C=O) groups excluding carboxylic acids is 1. The molecule has 1 aromatic carbocycles. The average Bonchev–Trinajstić information content (AvgIpc) is 3.23. The van der Waals surface area contributed by atoms with Crippen LogP contribution in [0.4, 0.5) is 0 Å². The minimum absolute atomic E-state index is 0.119. The van der Waals surface area contributed by atoms with E-state index in [4.69, 9.17) is 0 Å². The molecular weight excluding hydrogens is 398 g/mol. The van der Waals surface area contributed by atoms with Gasteiger partial charge in [-0.1, -0.05) is 18.2 Å². The predicted molar refractivity (Wildman–Crippen MR) is 118 cm³/mol. The number of aryl methyl sites for hydroxylation is 3. The van der Waals surface area contributed by atoms with E-state index in [1.54, 1.807) is 6.92 Å². The van der Waals surface area contributed by atoms with Gasteiger partial charge in [0.15, 0.2) is 0 Å². The molecule has 3 heterocycles. The van der Waals surface area contributed by atoms with E-state index in [9.17, 15) is 9.59 Å². The molecule has 0 radical (unpaired) electrons. The highest BCUT2D eigenvalue weighted by molar-refractivity contribution is 7.11. The Bertz CT molecular complexity index is 1270. The Morgan fingerprint density at radius 3 is 2.73 bits per heavy atom. The summed E-state index contributed by atoms with van der Waals surface area (Å²) in [5.41, 5.74) is 3.28. The normalized spacial score (nSPS) is 12.2. The summed E-state index contributed by atoms with van der Waals surface area (Å²) in [6.45, 7) is 5.58. The molecule has 0 saturated heterocycles. The van der Waals surface area contributed by atoms with Crippen molar-refractivity contribution in [3.8, 4) is 0 Å². The van der Waals surface area contributed by atoms with Crippen LogP contribution in [0.5, 0.6) is 0 Å². The molecule has 0 fully saturated rings. The van der Waals surface area contributed by atoms with Gasteiger partial charge in [-0.2, -0.15) is 0 Å². The van der Waals surface area contributed by atoms with Gasteiger partial charge in [0, 0.05) is 34.5 Å². The van der Waals surface area contributed by atoms with Crippen molar-refractivity contribution in [2.45, 2.75) is 39.7 Å². The number of para-hydroxylation sites is 1. The molecule has 1 atom stereocenters. The Morgan fingerprint density at radius 1 is 1.20 bits per heavy atom. The second-order valence-electron chi connectivity index (χ2n) is 7.36. The fourth-order valence-electron chi connectivity index (χ4n) is 3.66. The Hall–Kier alpha value is -3.26. The number of aromatic nitrogens is 4. The Kier molecular flexibility index (Phi) is 5.50. The number of hydrogen-bond acceptors (Lipinski definition) is 5. The summed E-state index contributed by atoms with van der Waals surface area (Å²) in [4.78, 5) is 40.7. The molecule has 7 nitrogen and oxygen atoms in total. The first-order valence-corrected chi connectivity index (χ1v) is 10.6. The molecule has 4 aromatic rings. The SMILES string of the molecule is Cc1nc([C@H](Cc2c[nH]c3ccccc23)NC(=O)Cc2sc(C)nc2C)cc(=O)[nH]1. The van der Waals surface area contributed by atoms with Gasteiger partial charge in [-0.3, -0.25) is 9.59 Å². The molecule has 30 heavy (non-hydrogen) atoms. The van der Waals surface area contributed by atoms with Crippen molar-refractivity contribution < 1.29 is 4.79 Å². The second kappa shape index (κ2) is 8.23. The highest BCUT2D eigenvalue weighted by Crippen LogP contribution is 2.24. The topological polar surface area (TPSA) is 104 Å². The van der Waals surface area contributed by atoms with Crippen molar-refractivity contribution >= 4 is 28.1 Å². The van der Waals surface area contributed by atoms with Crippen molar-refractivity contribution in [1.82, 2.24) is 25.3 Å². The molecule has 154 valence electrons. The zero-order valence-electron chi connectivity index (χ0n) is 17.1. The van der Waals surface area contributed by atoms with Crippen molar-refractivity contribution in [3.63, 3.8) is 0 Å². The minimum atomic E-state index is -0.424. The summed E-state index contributed by atoms with van der Waals surface area (Å²) in [5, 5.41) is 5.12. The van der Waals surface area contributed by atoms with E-state index in [1.807, 2.05) is 44.3 Å². The van der Waals surface area contributed by atoms with Crippen LogP contribution >= 0.6 is 11.3 Å². The van der Waals surface area contributed by atoms with Crippen LogP contribution in [0.25, 0.3) is 10.9 Å². The molecule has 4 rings (SSSR count). The van der Waals surface area contributed by atoms with Gasteiger partial charge >= 0.3 is 0 Å². The first-order valence-electron chi connectivity index (χ1n) is 9.74. The van der Waals surface area contributed by atoms with Crippen LogP contribution < -0.4 is 10.9 Å². The number of benzene rings is 1. The number of fused-ring (bicyclic) bond motifs is 1. The molecule has 3 N–H and O–H groups in total. The van der Waals surface area contributed by atoms with Crippen LogP contribution in [0.15, 0.2) is 41.3 Å². The quantitative estimate of drug-likeness (QED) is 0.444. The molecule has 8 heteroatoms. The number of nitrogens with zero attached hydrogens (tertiary/aromatic N) is 2. The van der Waals surface area contributed by atoms with Crippen LogP contribution in [-0.2, 0) is 17.6 Å². The monoisotopic (exact) mass is 421 g/mol. The highest BCUT2D eigenvalue weighted by Gasteiger charge is 2.21. The van der Waals surface area contributed by atoms with Gasteiger partial charge in [-0.25, -0.2) is 9.97 Å². The van der Waals surface area contributed by atoms with Crippen molar-refractivity contribution in [1.29, 1.82) is 0 Å². The molecule has 0 aliphatic rings. The number of aromatic amines is 2. The fraction of sp³-hybridized carbons (Fsp3) is 0.273. The Labute approximate surface area is 177 Å². The maximum atomic E-state index is 12.9. The van der Waals surface area contributed by atoms with Crippen LogP contribution in [0.3, 0.4) is 0 Å². The zero-order chi connectivity index (χ0) is 21.3. The maximum absolute atomic E-state index is 12.9. The number of H-pyrrole nitrogens is 2. The second-order valence-corrected chi connectivity index (χ2v) is 8.65. The van der Waals surface area contributed by atoms with Crippen molar-refractivity contribution in [2.24, 2.45) is 0 Å². The molecule has 3 aromatic heterocycles. The van der Waals surface area contributed by atoms with E-state index in [0.717, 1.165) is 32.0 Å². The first kappa shape index (κ1) is 20.0. The smallest absolute Gasteiger partial charge is 0.251 e. The van der Waals surface area contributed by atoms with E-state index in [0.29, 0.717) is 17.9 Å². The van der Waals surface area contributed by atoms with Gasteiger partial charge in [-0.05, 0) is 32.4 Å². The third-order valence-electron chi connectivity index (χ3n) is 4.99. The molecule has 0 bridgehead atoms. The van der Waals surface area contributed by atoms with Gasteiger partial charge in [0.05, 0.1) is 28.9 Å². The standard InChI is InChI=1S/C22H23N5O2S/c1-12-20(30-14(3)24-12)10-22(29)27-18(19-9-21(28)26-13(2)25-19)8-15-11-23-17-7-5-4-6-16(15)17/h4-7,9,11,18,23H,8,10H2,1-3H3,(H,27,29)(H,25,26,28)/t18-/m0/s1. The van der Waals surface area contributed by atoms with Gasteiger partial charge in [0.1, 0.15) is 5.82 Å². The number of hydrogen-bond donors (Lipinski definition) is 3. The van der Waals surface area contributed by atoms with E-state index >= 15 is 0 Å². The van der Waals surface area contributed by atoms with Gasteiger partial charge in [0.2, 0.25) is 5.91 Å². The Balaban J connectivity index is 1.63. The summed E-state index contributed by atoms with van der Waals surface area (Å²) in [5.74, 6) is 0.399. The summed E-state index contributed by atoms with van der Waals surface area (Å²) >= 11 is 1.53. The molecule has 0 aliphatic heterocycles. The van der Waals surface area contributed by atoms with Crippen molar-refractivity contribution in [3.05, 3.63) is 79.5 Å². The lowest BCUT2D eigenvalue weighted by Gasteiger charge is -2.18. The van der Waals surface area contributed by atoms with Crippen LogP contribution in [0.1, 0.15) is 38.7 Å². The largest absolute Gasteiger partial charge is 0.361 e. The number of thiazole rings is 1. The summed E-state index contributed by atoms with van der Waals surface area (Å²) in [6, 6.07) is 9.04. The van der Waals surface area contributed by atoms with Crippen molar-refractivity contribution in [2.75, 3.05) is 0 Å². The highest BCUT2D eigenvalue weighted by atomic mass is 32.1. The average molecular weight is 422 g/mol. The number of carbonyl (C=O) groups is 1. The lowest BCUT2D eigenvalue weighted by atomic mass is 10.0. The molecule has 0 spiro atoms. The van der Waals surface area contributed by atoms with E-state index < -0.39 is 6.04 Å². The molecule has 1 amide bonds. The van der Waals surface area contributed by atoms with E-state index in [1.165, 1.54) is 17.4 Å². The summed E-state index contributed by atoms with van der Waals surface area (Å²) in [7, 11) is 0. The summed E-state index contributed by atoms with van der Waals surface area (Å²) < 4.78 is 0. The summed E-state index contributed by atoms with van der Waals surface area (Å²) in [6.07, 6.45) is 2.72. The number of nitrogens with one attached hydrogen (secondary N) is 3. The molecule has 0 saturated carbocycles. The zero-order valence-corrected chi connectivity index (χ0v) is 17.9. The minimum Gasteiger partial charge on any atom is -0.361 e. The van der Waals surface area contributed by atoms with Gasteiger partial charge < -0.3 is 15.3 Å². The lowest BCUT2D eigenvalue weighted by Crippen LogP contribution is -2.32. The third kappa shape index (κ3) is 4.33. The van der Waals surface area contributed by atoms with E-state index in [-0.39, 0.29) is 17.9 Å². The number of rotatable bonds is 6. The fourth-order valence-corrected chi connectivity index (χ4v) is 4.60. The van der Waals surface area contributed by atoms with Crippen LogP contribution in [-0.4, -0.2) is 25.8 Å². The number of amides is 1. The molecular formula is C22H23N5O2S. The molecule has 0 aliphatic carbocycles. The van der Waals surface area contributed by atoms with Crippen LogP contribution in [0.2, 0.25) is 0 Å². The maximum Gasteiger partial charge on any atom is 0.251 e. The van der Waals surface area contributed by atoms with E-state index in [2.05, 4.69) is 25.3 Å². The van der Waals surface area contributed by atoms with Gasteiger partial charge in [0.25, 0.3) is 5.56 Å². The van der Waals surface area contributed by atoms with Crippen LogP contribution in [0, 0.1) is 20.8 Å². The molecule has 0 unspecified atom stereocenters. The predicted octanol–water partition coefficient (Wildman–Crippen LogP) is 3.28. The van der Waals surface area contributed by atoms with Gasteiger partial charge in [-0.15, -0.1) is 11.3 Å². The Morgan fingerprint density at radius 2 is 2.00 bits per heavy atom. The lowest BCUT2D eigenvalue weighted by molar-refractivity contribution is -0.121. The third-order valence-corrected chi connectivity index (χ3v) is 6.06.